The quantitative estimate of drug-likeness (QED) is 0.842. The molecule has 0 aromatic carbocycles. The summed E-state index contributed by atoms with van der Waals surface area (Å²) in [7, 11) is 0. The maximum absolute atomic E-state index is 11.5. The molecule has 1 aliphatic rings. The van der Waals surface area contributed by atoms with Crippen LogP contribution in [0.25, 0.3) is 0 Å². The monoisotopic (exact) mass is 225 g/mol. The Morgan fingerprint density at radius 3 is 2.60 bits per heavy atom. The number of carboxylic acids is 1. The van der Waals surface area contributed by atoms with Crippen molar-refractivity contribution in [1.82, 2.24) is 4.98 Å². The van der Waals surface area contributed by atoms with Crippen molar-refractivity contribution in [3.05, 3.63) is 16.1 Å². The number of carboxylic acid groups (broad SMARTS) is 1. The van der Waals surface area contributed by atoms with Crippen molar-refractivity contribution < 1.29 is 9.90 Å². The molecule has 0 saturated heterocycles. The second-order valence-corrected chi connectivity index (χ2v) is 5.43. The van der Waals surface area contributed by atoms with Crippen LogP contribution in [0.3, 0.4) is 0 Å². The third-order valence-corrected chi connectivity index (χ3v) is 4.33. The van der Waals surface area contributed by atoms with Gasteiger partial charge in [-0.15, -0.1) is 11.3 Å². The summed E-state index contributed by atoms with van der Waals surface area (Å²) in [6.45, 7) is 1.92. The molecule has 1 fully saturated rings. The Bertz CT molecular complexity index is 366. The van der Waals surface area contributed by atoms with Crippen LogP contribution in [0.1, 0.15) is 42.0 Å². The van der Waals surface area contributed by atoms with Gasteiger partial charge in [0.2, 0.25) is 0 Å². The highest BCUT2D eigenvalue weighted by molar-refractivity contribution is 7.11. The van der Waals surface area contributed by atoms with Gasteiger partial charge in [0.15, 0.2) is 0 Å². The average molecular weight is 225 g/mol. The van der Waals surface area contributed by atoms with Crippen molar-refractivity contribution in [3.63, 3.8) is 0 Å². The molecule has 0 bridgehead atoms. The lowest BCUT2D eigenvalue weighted by molar-refractivity contribution is -0.145. The maximum atomic E-state index is 11.5. The molecule has 2 rings (SSSR count). The highest BCUT2D eigenvalue weighted by atomic mass is 32.1. The van der Waals surface area contributed by atoms with Gasteiger partial charge in [0, 0.05) is 11.1 Å². The first-order valence-corrected chi connectivity index (χ1v) is 6.13. The second kappa shape index (κ2) is 3.93. The van der Waals surface area contributed by atoms with E-state index in [9.17, 15) is 9.90 Å². The fourth-order valence-corrected chi connectivity index (χ4v) is 3.32. The van der Waals surface area contributed by atoms with E-state index in [0.29, 0.717) is 0 Å². The topological polar surface area (TPSA) is 50.2 Å². The second-order valence-electron chi connectivity index (χ2n) is 4.19. The van der Waals surface area contributed by atoms with E-state index >= 15 is 0 Å². The number of carbonyl (C=O) groups is 1. The summed E-state index contributed by atoms with van der Waals surface area (Å²) < 4.78 is 0. The van der Waals surface area contributed by atoms with E-state index in [4.69, 9.17) is 0 Å². The molecule has 0 atom stereocenters. The summed E-state index contributed by atoms with van der Waals surface area (Å²) in [6, 6.07) is 0. The van der Waals surface area contributed by atoms with Crippen molar-refractivity contribution in [1.29, 1.82) is 0 Å². The van der Waals surface area contributed by atoms with Crippen molar-refractivity contribution in [2.24, 2.45) is 0 Å². The zero-order valence-corrected chi connectivity index (χ0v) is 9.64. The Morgan fingerprint density at radius 2 is 2.13 bits per heavy atom. The van der Waals surface area contributed by atoms with Gasteiger partial charge < -0.3 is 5.11 Å². The van der Waals surface area contributed by atoms with Gasteiger partial charge in [-0.25, -0.2) is 4.98 Å². The summed E-state index contributed by atoms with van der Waals surface area (Å²) in [5.41, 5.74) is -0.635. The smallest absolute Gasteiger partial charge is 0.315 e. The first-order chi connectivity index (χ1) is 7.15. The maximum Gasteiger partial charge on any atom is 0.315 e. The van der Waals surface area contributed by atoms with Gasteiger partial charge in [0.1, 0.15) is 5.41 Å². The van der Waals surface area contributed by atoms with Crippen LogP contribution >= 0.6 is 11.3 Å². The van der Waals surface area contributed by atoms with Crippen LogP contribution in [0.5, 0.6) is 0 Å². The van der Waals surface area contributed by atoms with E-state index in [0.717, 1.165) is 42.0 Å². The van der Waals surface area contributed by atoms with Crippen LogP contribution in [0.2, 0.25) is 0 Å². The molecule has 4 heteroatoms. The molecule has 1 aromatic rings. The zero-order chi connectivity index (χ0) is 10.9. The van der Waals surface area contributed by atoms with Crippen LogP contribution in [0.15, 0.2) is 6.20 Å². The highest BCUT2D eigenvalue weighted by Crippen LogP contribution is 2.41. The molecular formula is C11H15NO2S. The molecular weight excluding hydrogens is 210 g/mol. The molecule has 3 nitrogen and oxygen atoms in total. The number of aromatic nitrogens is 1. The van der Waals surface area contributed by atoms with Gasteiger partial charge >= 0.3 is 5.97 Å². The fourth-order valence-electron chi connectivity index (χ4n) is 2.30. The van der Waals surface area contributed by atoms with Crippen LogP contribution in [0, 0.1) is 6.92 Å². The van der Waals surface area contributed by atoms with E-state index in [1.807, 2.05) is 6.92 Å². The summed E-state index contributed by atoms with van der Waals surface area (Å²) in [6.07, 6.45) is 6.48. The van der Waals surface area contributed by atoms with E-state index < -0.39 is 11.4 Å². The van der Waals surface area contributed by atoms with E-state index in [1.54, 1.807) is 6.20 Å². The van der Waals surface area contributed by atoms with Gasteiger partial charge in [0.05, 0.1) is 5.01 Å². The molecule has 0 radical (unpaired) electrons. The molecule has 1 heterocycles. The average Bonchev–Trinajstić information content (AvgIpc) is 2.66. The number of hydrogen-bond donors (Lipinski definition) is 1. The minimum atomic E-state index is -0.675. The van der Waals surface area contributed by atoms with E-state index in [-0.39, 0.29) is 0 Å². The first kappa shape index (κ1) is 10.6. The van der Waals surface area contributed by atoms with Crippen molar-refractivity contribution in [2.45, 2.75) is 44.4 Å². The molecule has 1 saturated carbocycles. The van der Waals surface area contributed by atoms with Gasteiger partial charge in [-0.2, -0.15) is 0 Å². The van der Waals surface area contributed by atoms with E-state index in [2.05, 4.69) is 4.98 Å². The SMILES string of the molecule is Cc1ncc(C2(C(=O)O)CCCCC2)s1. The normalized spacial score (nSPS) is 20.1. The number of aryl methyl sites for hydroxylation is 1. The molecule has 15 heavy (non-hydrogen) atoms. The Balaban J connectivity index is 2.37. The van der Waals surface area contributed by atoms with Crippen LogP contribution in [0.4, 0.5) is 0 Å². The Morgan fingerprint density at radius 1 is 1.47 bits per heavy atom. The van der Waals surface area contributed by atoms with Crippen LogP contribution in [-0.4, -0.2) is 16.1 Å². The Labute approximate surface area is 93.2 Å². The molecule has 0 spiro atoms. The third kappa shape index (κ3) is 1.78. The Hall–Kier alpha value is -0.900. The van der Waals surface area contributed by atoms with Crippen LogP contribution in [-0.2, 0) is 10.2 Å². The zero-order valence-electron chi connectivity index (χ0n) is 8.82. The standard InChI is InChI=1S/C11H15NO2S/c1-8-12-7-9(15-8)11(10(13)14)5-3-2-4-6-11/h7H,2-6H2,1H3,(H,13,14). The fraction of sp³-hybridized carbons (Fsp3) is 0.636. The molecule has 0 aliphatic heterocycles. The lowest BCUT2D eigenvalue weighted by Gasteiger charge is -2.31. The van der Waals surface area contributed by atoms with Crippen molar-refractivity contribution >= 4 is 17.3 Å². The molecule has 1 aliphatic carbocycles. The molecule has 1 N–H and O–H groups in total. The van der Waals surface area contributed by atoms with Crippen molar-refractivity contribution in [3.8, 4) is 0 Å². The minimum Gasteiger partial charge on any atom is -0.481 e. The largest absolute Gasteiger partial charge is 0.481 e. The predicted molar refractivity (Wildman–Crippen MR) is 59.2 cm³/mol. The number of rotatable bonds is 2. The van der Waals surface area contributed by atoms with Gasteiger partial charge in [-0.3, -0.25) is 4.79 Å². The number of nitrogens with zero attached hydrogens (tertiary/aromatic N) is 1. The summed E-state index contributed by atoms with van der Waals surface area (Å²) in [5, 5.41) is 10.4. The molecule has 82 valence electrons. The molecule has 0 unspecified atom stereocenters. The predicted octanol–water partition coefficient (Wildman–Crippen LogP) is 2.74. The summed E-state index contributed by atoms with van der Waals surface area (Å²) in [4.78, 5) is 16.6. The van der Waals surface area contributed by atoms with Gasteiger partial charge in [-0.1, -0.05) is 19.3 Å². The summed E-state index contributed by atoms with van der Waals surface area (Å²) >= 11 is 1.53. The third-order valence-electron chi connectivity index (χ3n) is 3.21. The summed E-state index contributed by atoms with van der Waals surface area (Å²) in [5.74, 6) is -0.675. The van der Waals surface area contributed by atoms with Gasteiger partial charge in [-0.05, 0) is 19.8 Å². The molecule has 0 amide bonds. The highest BCUT2D eigenvalue weighted by Gasteiger charge is 2.42. The van der Waals surface area contributed by atoms with Crippen LogP contribution < -0.4 is 0 Å². The Kier molecular flexibility index (Phi) is 2.78. The van der Waals surface area contributed by atoms with Gasteiger partial charge in [0.25, 0.3) is 0 Å². The lowest BCUT2D eigenvalue weighted by atomic mass is 9.73. The number of hydrogen-bond acceptors (Lipinski definition) is 3. The van der Waals surface area contributed by atoms with E-state index in [1.165, 1.54) is 11.3 Å². The number of thiazole rings is 1. The first-order valence-electron chi connectivity index (χ1n) is 5.31. The lowest BCUT2D eigenvalue weighted by Crippen LogP contribution is -2.37. The number of aliphatic carboxylic acids is 1. The minimum absolute atomic E-state index is 0.635. The van der Waals surface area contributed by atoms with Crippen molar-refractivity contribution in [2.75, 3.05) is 0 Å². The molecule has 1 aromatic heterocycles.